The van der Waals surface area contributed by atoms with Crippen molar-refractivity contribution < 1.29 is 5.11 Å². The third kappa shape index (κ3) is 2.55. The molecule has 0 aliphatic rings. The van der Waals surface area contributed by atoms with E-state index in [9.17, 15) is 5.11 Å². The molecule has 0 unspecified atom stereocenters. The first-order chi connectivity index (χ1) is 8.13. The van der Waals surface area contributed by atoms with Gasteiger partial charge in [-0.05, 0) is 17.7 Å². The van der Waals surface area contributed by atoms with Crippen molar-refractivity contribution in [3.05, 3.63) is 51.1 Å². The minimum absolute atomic E-state index is 0.375. The van der Waals surface area contributed by atoms with Gasteiger partial charge in [-0.1, -0.05) is 46.9 Å². The maximum Gasteiger partial charge on any atom is 0.108 e. The van der Waals surface area contributed by atoms with E-state index in [1.54, 1.807) is 24.3 Å². The van der Waals surface area contributed by atoms with Crippen molar-refractivity contribution in [1.82, 2.24) is 4.98 Å². The van der Waals surface area contributed by atoms with Crippen molar-refractivity contribution in [2.24, 2.45) is 0 Å². The minimum Gasteiger partial charge on any atom is -0.253 e. The van der Waals surface area contributed by atoms with Crippen LogP contribution >= 0.6 is 34.8 Å². The Kier molecular flexibility index (Phi) is 3.89. The third-order valence-corrected chi connectivity index (χ3v) is 3.11. The zero-order valence-corrected chi connectivity index (χ0v) is 10.9. The molecule has 2 nitrogen and oxygen atoms in total. The molecule has 0 bridgehead atoms. The maximum atomic E-state index is 11.1. The van der Waals surface area contributed by atoms with E-state index in [0.29, 0.717) is 31.9 Å². The van der Waals surface area contributed by atoms with Gasteiger partial charge in [-0.2, -0.15) is 0 Å². The number of aromatic nitrogens is 1. The zero-order chi connectivity index (χ0) is 12.4. The van der Waals surface area contributed by atoms with Crippen LogP contribution in [0.2, 0.25) is 15.1 Å². The lowest BCUT2D eigenvalue weighted by atomic mass is 10.0. The lowest BCUT2D eigenvalue weighted by Gasteiger charge is -2.10. The number of pyridine rings is 1. The highest BCUT2D eigenvalue weighted by Gasteiger charge is 2.14. The summed E-state index contributed by atoms with van der Waals surface area (Å²) < 4.78 is 0. The molecule has 0 saturated carbocycles. The fraction of sp³-hybridized carbons (Fsp3) is 0.0833. The molecule has 0 atom stereocenters. The van der Waals surface area contributed by atoms with Gasteiger partial charge in [0, 0.05) is 11.8 Å². The van der Waals surface area contributed by atoms with Crippen LogP contribution < -0.4 is 0 Å². The van der Waals surface area contributed by atoms with E-state index in [1.807, 2.05) is 0 Å². The highest BCUT2D eigenvalue weighted by molar-refractivity contribution is 6.37. The predicted molar refractivity (Wildman–Crippen MR) is 69.1 cm³/mol. The summed E-state index contributed by atoms with van der Waals surface area (Å²) in [6.07, 6.45) is 1.47. The second-order valence-electron chi connectivity index (χ2n) is 3.40. The van der Waals surface area contributed by atoms with E-state index in [4.69, 9.17) is 34.8 Å². The number of hydrogen-bond acceptors (Lipinski definition) is 1. The Bertz CT molecular complexity index is 557. The van der Waals surface area contributed by atoms with Crippen molar-refractivity contribution in [2.75, 3.05) is 0 Å². The van der Waals surface area contributed by atoms with Crippen molar-refractivity contribution in [2.45, 2.75) is 6.61 Å². The summed E-state index contributed by atoms with van der Waals surface area (Å²) in [7, 11) is 0. The summed E-state index contributed by atoms with van der Waals surface area (Å²) in [5.74, 6) is 0. The van der Waals surface area contributed by atoms with Crippen LogP contribution in [0, 0.1) is 0 Å². The Labute approximate surface area is 114 Å². The summed E-state index contributed by atoms with van der Waals surface area (Å²) in [4.78, 5) is 4.13. The number of benzene rings is 1. The molecular weight excluding hydrogens is 280 g/mol. The molecule has 0 spiro atoms. The van der Waals surface area contributed by atoms with Crippen LogP contribution in [0.4, 0.5) is 0 Å². The van der Waals surface area contributed by atoms with E-state index >= 15 is 0 Å². The molecule has 87 valence electrons. The topological polar surface area (TPSA) is 32.8 Å². The lowest BCUT2D eigenvalue weighted by Crippen LogP contribution is -1.93. The van der Waals surface area contributed by atoms with Crippen molar-refractivity contribution in [1.29, 1.82) is 0 Å². The highest BCUT2D eigenvalue weighted by atomic mass is 35.5. The summed E-state index contributed by atoms with van der Waals surface area (Å²) >= 11 is 17.9. The van der Waals surface area contributed by atoms with Crippen LogP contribution in [0.5, 0.6) is 0 Å². The van der Waals surface area contributed by atoms with E-state index < -0.39 is 0 Å². The Morgan fingerprint density at radius 2 is 1.88 bits per heavy atom. The summed E-state index contributed by atoms with van der Waals surface area (Å²) in [6, 6.07) is 6.70. The fourth-order valence-corrected chi connectivity index (χ4v) is 2.31. The van der Waals surface area contributed by atoms with Gasteiger partial charge in [0.25, 0.3) is 0 Å². The van der Waals surface area contributed by atoms with Gasteiger partial charge in [-0.15, -0.1) is 0 Å². The molecule has 0 fully saturated rings. The molecule has 1 aromatic carbocycles. The van der Waals surface area contributed by atoms with E-state index in [2.05, 4.69) is 4.98 Å². The van der Waals surface area contributed by atoms with Gasteiger partial charge in [0.05, 0.1) is 20.8 Å². The first-order valence-electron chi connectivity index (χ1n) is 4.80. The quantitative estimate of drug-likeness (QED) is 0.792. The lowest BCUT2D eigenvalue weighted by molar-refractivity contribution is 0.178. The van der Waals surface area contributed by atoms with Crippen LogP contribution in [-0.4, -0.2) is 4.98 Å². The van der Waals surface area contributed by atoms with Gasteiger partial charge in [-0.3, -0.25) is 4.98 Å². The molecular formula is C12H7Cl3NO. The molecule has 2 aromatic rings. The molecule has 0 aliphatic carbocycles. The van der Waals surface area contributed by atoms with Crippen molar-refractivity contribution in [3.8, 4) is 11.3 Å². The zero-order valence-electron chi connectivity index (χ0n) is 8.58. The molecule has 1 aromatic heterocycles. The van der Waals surface area contributed by atoms with Gasteiger partial charge in [0.2, 0.25) is 0 Å². The first kappa shape index (κ1) is 12.7. The van der Waals surface area contributed by atoms with Crippen LogP contribution in [0.15, 0.2) is 30.5 Å². The number of nitrogens with zero attached hydrogens (tertiary/aromatic N) is 1. The monoisotopic (exact) mass is 286 g/mol. The Morgan fingerprint density at radius 3 is 2.53 bits per heavy atom. The van der Waals surface area contributed by atoms with Gasteiger partial charge in [0.1, 0.15) is 6.61 Å². The third-order valence-electron chi connectivity index (χ3n) is 2.30. The smallest absolute Gasteiger partial charge is 0.108 e. The Balaban J connectivity index is 2.67. The average Bonchev–Trinajstić information content (AvgIpc) is 2.30. The first-order valence-corrected chi connectivity index (χ1v) is 5.93. The predicted octanol–water partition coefficient (Wildman–Crippen LogP) is 4.64. The molecule has 17 heavy (non-hydrogen) atoms. The highest BCUT2D eigenvalue weighted by Crippen LogP contribution is 2.35. The SMILES string of the molecule is [O]Cc1cccc(Cl)c1-c1ncc(Cl)cc1Cl. The number of rotatable bonds is 2. The molecule has 0 saturated heterocycles. The van der Waals surface area contributed by atoms with Crippen LogP contribution in [0.25, 0.3) is 11.3 Å². The van der Waals surface area contributed by atoms with Gasteiger partial charge < -0.3 is 0 Å². The molecule has 1 heterocycles. The Hall–Kier alpha value is -0.800. The molecule has 0 amide bonds. The van der Waals surface area contributed by atoms with Crippen LogP contribution in [0.3, 0.4) is 0 Å². The van der Waals surface area contributed by atoms with Gasteiger partial charge in [0.15, 0.2) is 0 Å². The number of hydrogen-bond donors (Lipinski definition) is 0. The average molecular weight is 288 g/mol. The summed E-state index contributed by atoms with van der Waals surface area (Å²) in [5, 5.41) is 12.4. The van der Waals surface area contributed by atoms with Gasteiger partial charge in [-0.25, -0.2) is 5.11 Å². The Morgan fingerprint density at radius 1 is 1.12 bits per heavy atom. The second-order valence-corrected chi connectivity index (χ2v) is 4.65. The fourth-order valence-electron chi connectivity index (χ4n) is 1.55. The van der Waals surface area contributed by atoms with E-state index in [0.717, 1.165) is 0 Å². The standard InChI is InChI=1S/C12H7Cl3NO/c13-8-4-10(15)12(16-5-8)11-7(6-17)2-1-3-9(11)14/h1-5H,6H2. The normalized spacial score (nSPS) is 10.6. The molecule has 2 rings (SSSR count). The second kappa shape index (κ2) is 5.23. The molecule has 0 aliphatic heterocycles. The van der Waals surface area contributed by atoms with Crippen molar-refractivity contribution >= 4 is 34.8 Å². The van der Waals surface area contributed by atoms with Crippen LogP contribution in [-0.2, 0) is 11.7 Å². The van der Waals surface area contributed by atoms with E-state index in [1.165, 1.54) is 6.20 Å². The van der Waals surface area contributed by atoms with E-state index in [-0.39, 0.29) is 6.61 Å². The van der Waals surface area contributed by atoms with Crippen LogP contribution in [0.1, 0.15) is 5.56 Å². The largest absolute Gasteiger partial charge is 0.253 e. The summed E-state index contributed by atoms with van der Waals surface area (Å²) in [5.41, 5.74) is 1.62. The van der Waals surface area contributed by atoms with Gasteiger partial charge >= 0.3 is 0 Å². The molecule has 0 N–H and O–H groups in total. The number of halogens is 3. The maximum absolute atomic E-state index is 11.1. The molecule has 1 radical (unpaired) electrons. The molecule has 5 heteroatoms. The van der Waals surface area contributed by atoms with Crippen molar-refractivity contribution in [3.63, 3.8) is 0 Å². The minimum atomic E-state index is -0.378. The summed E-state index contributed by atoms with van der Waals surface area (Å²) in [6.45, 7) is -0.378.